The number of hydrogen-bond donors (Lipinski definition) is 0. The largest absolute Gasteiger partial charge is 0.311 e. The van der Waals surface area contributed by atoms with Crippen molar-refractivity contribution in [2.75, 3.05) is 9.80 Å². The molecule has 0 bridgehead atoms. The number of hydrogen-bond acceptors (Lipinski definition) is 3. The molecular formula is C92H85BN4S. The zero-order valence-electron chi connectivity index (χ0n) is 59.4. The van der Waals surface area contributed by atoms with Crippen molar-refractivity contribution in [3.8, 4) is 33.6 Å². The second kappa shape index (κ2) is 21.8. The molecule has 15 aromatic rings. The zero-order chi connectivity index (χ0) is 67.9. The Morgan fingerprint density at radius 2 is 0.765 bits per heavy atom. The third-order valence-corrected chi connectivity index (χ3v) is 22.7. The summed E-state index contributed by atoms with van der Waals surface area (Å²) in [5.41, 5.74) is 29.0. The van der Waals surface area contributed by atoms with Crippen LogP contribution < -0.4 is 26.2 Å². The van der Waals surface area contributed by atoms with Crippen LogP contribution in [0.1, 0.15) is 132 Å². The zero-order valence-corrected chi connectivity index (χ0v) is 60.2. The summed E-state index contributed by atoms with van der Waals surface area (Å²) in [5, 5.41) is 7.48. The number of thiophene rings is 1. The van der Waals surface area contributed by atoms with Gasteiger partial charge in [0.2, 0.25) is 0 Å². The Morgan fingerprint density at radius 3 is 1.37 bits per heavy atom. The van der Waals surface area contributed by atoms with Crippen molar-refractivity contribution in [3.63, 3.8) is 0 Å². The van der Waals surface area contributed by atoms with Gasteiger partial charge in [0.15, 0.2) is 0 Å². The van der Waals surface area contributed by atoms with Gasteiger partial charge in [0.05, 0.1) is 38.1 Å². The second-order valence-electron chi connectivity index (χ2n) is 33.1. The minimum atomic E-state index is -0.247. The molecule has 0 fully saturated rings. The molecule has 2 aliphatic rings. The summed E-state index contributed by atoms with van der Waals surface area (Å²) in [7, 11) is 0. The number of para-hydroxylation sites is 3. The lowest BCUT2D eigenvalue weighted by Gasteiger charge is -2.45. The Morgan fingerprint density at radius 1 is 0.276 bits per heavy atom. The summed E-state index contributed by atoms with van der Waals surface area (Å²) in [6, 6.07) is 94.2. The second-order valence-corrected chi connectivity index (χ2v) is 34.1. The van der Waals surface area contributed by atoms with Gasteiger partial charge in [-0.05, 0) is 179 Å². The molecule has 0 atom stereocenters. The van der Waals surface area contributed by atoms with E-state index in [1.807, 2.05) is 11.3 Å². The van der Waals surface area contributed by atoms with Crippen molar-refractivity contribution in [2.45, 2.75) is 131 Å². The average Bonchev–Trinajstić information content (AvgIpc) is 0.789. The third kappa shape index (κ3) is 9.82. The van der Waals surface area contributed by atoms with E-state index in [0.29, 0.717) is 0 Å². The molecule has 0 saturated heterocycles. The lowest BCUT2D eigenvalue weighted by Crippen LogP contribution is -2.61. The van der Waals surface area contributed by atoms with Crippen molar-refractivity contribution in [2.24, 2.45) is 0 Å². The van der Waals surface area contributed by atoms with Crippen molar-refractivity contribution in [1.82, 2.24) is 9.13 Å². The highest BCUT2D eigenvalue weighted by molar-refractivity contribution is 7.26. The maximum atomic E-state index is 2.70. The Labute approximate surface area is 582 Å². The molecule has 0 amide bonds. The van der Waals surface area contributed by atoms with Crippen LogP contribution in [0.5, 0.6) is 0 Å². The van der Waals surface area contributed by atoms with Gasteiger partial charge in [-0.25, -0.2) is 0 Å². The van der Waals surface area contributed by atoms with Crippen LogP contribution in [-0.4, -0.2) is 15.8 Å². The van der Waals surface area contributed by atoms with E-state index < -0.39 is 0 Å². The first kappa shape index (κ1) is 61.7. The third-order valence-electron chi connectivity index (χ3n) is 21.4. The van der Waals surface area contributed by atoms with Crippen LogP contribution in [0, 0.1) is 0 Å². The van der Waals surface area contributed by atoms with Crippen LogP contribution in [0.3, 0.4) is 0 Å². The molecule has 0 N–H and O–H groups in total. The van der Waals surface area contributed by atoms with Gasteiger partial charge in [-0.15, -0.1) is 11.3 Å². The molecule has 4 nitrogen and oxygen atoms in total. The summed E-state index contributed by atoms with van der Waals surface area (Å²) < 4.78 is 7.59. The van der Waals surface area contributed by atoms with Crippen LogP contribution >= 0.6 is 11.3 Å². The number of fused-ring (bicyclic) bond motifs is 13. The predicted molar refractivity (Wildman–Crippen MR) is 426 cm³/mol. The quantitative estimate of drug-likeness (QED) is 0.154. The first-order chi connectivity index (χ1) is 46.8. The fourth-order valence-corrected chi connectivity index (χ4v) is 17.2. The van der Waals surface area contributed by atoms with Gasteiger partial charge in [-0.3, -0.25) is 0 Å². The highest BCUT2D eigenvalue weighted by Crippen LogP contribution is 2.53. The molecule has 0 aliphatic carbocycles. The number of aromatic nitrogens is 2. The summed E-state index contributed by atoms with van der Waals surface area (Å²) in [5.74, 6) is 0. The Balaban J connectivity index is 0.996. The van der Waals surface area contributed by atoms with Crippen LogP contribution in [0.2, 0.25) is 0 Å². The van der Waals surface area contributed by atoms with E-state index in [2.05, 4.69) is 365 Å². The van der Waals surface area contributed by atoms with Gasteiger partial charge < -0.3 is 18.9 Å². The monoisotopic (exact) mass is 1290 g/mol. The number of rotatable bonds is 6. The van der Waals surface area contributed by atoms with Gasteiger partial charge in [-0.1, -0.05) is 256 Å². The van der Waals surface area contributed by atoms with Crippen molar-refractivity contribution in [3.05, 3.63) is 270 Å². The summed E-state index contributed by atoms with van der Waals surface area (Å²) >= 11 is 1.91. The van der Waals surface area contributed by atoms with E-state index in [4.69, 9.17) is 0 Å². The molecule has 482 valence electrons. The molecular weight excluding hydrogens is 1200 g/mol. The van der Waals surface area contributed by atoms with Gasteiger partial charge >= 0.3 is 0 Å². The average molecular weight is 1290 g/mol. The van der Waals surface area contributed by atoms with Crippen LogP contribution in [0.4, 0.5) is 34.1 Å². The molecule has 12 aromatic carbocycles. The minimum Gasteiger partial charge on any atom is -0.311 e. The summed E-state index contributed by atoms with van der Waals surface area (Å²) in [6.45, 7) is 35.2. The van der Waals surface area contributed by atoms with Gasteiger partial charge in [-0.2, -0.15) is 0 Å². The molecule has 0 spiro atoms. The highest BCUT2D eigenvalue weighted by Gasteiger charge is 2.46. The van der Waals surface area contributed by atoms with Crippen LogP contribution in [-0.2, 0) is 27.1 Å². The van der Waals surface area contributed by atoms with E-state index in [1.54, 1.807) is 0 Å². The molecule has 17 rings (SSSR count). The fourth-order valence-electron chi connectivity index (χ4n) is 16.0. The highest BCUT2D eigenvalue weighted by atomic mass is 32.1. The normalized spacial score (nSPS) is 13.6. The Kier molecular flexibility index (Phi) is 13.7. The summed E-state index contributed by atoms with van der Waals surface area (Å²) in [6.07, 6.45) is 0. The Bertz CT molecular complexity index is 5750. The van der Waals surface area contributed by atoms with Crippen molar-refractivity contribution >= 4 is 132 Å². The minimum absolute atomic E-state index is 0.00915. The Hall–Kier alpha value is -9.88. The molecule has 0 radical (unpaired) electrons. The molecule has 0 saturated carbocycles. The van der Waals surface area contributed by atoms with Crippen LogP contribution in [0.15, 0.2) is 243 Å². The first-order valence-corrected chi connectivity index (χ1v) is 36.0. The number of anilines is 6. The predicted octanol–water partition coefficient (Wildman–Crippen LogP) is 24.2. The molecule has 98 heavy (non-hydrogen) atoms. The molecule has 3 aromatic heterocycles. The lowest BCUT2D eigenvalue weighted by molar-refractivity contribution is 0.569. The topological polar surface area (TPSA) is 16.3 Å². The van der Waals surface area contributed by atoms with Crippen molar-refractivity contribution < 1.29 is 0 Å². The standard InChI is InChI=1S/C92H85BN4S/c1-88(2,3)59-39-36-56(37-40-59)70-50-60(89(4,5)6)41-45-77(70)96-82-53-65(95-76-33-23-20-29-67(76)72-54-79-71(55-80(72)95)66-28-19-22-32-75(66)94(79)64-26-17-16-18-27-64)42-44-74(82)93-73-43-38-57(58-46-61(90(7,8)9)49-62(47-58)91(10,11)12)48-81(73)97(84-52-63(92(13,14)15)51-83(96)86(84)93)78-34-25-31-69-68-30-21-24-35-85(68)98-87(69)78/h16-55H,1-15H3. The van der Waals surface area contributed by atoms with Crippen molar-refractivity contribution in [1.29, 1.82) is 0 Å². The van der Waals surface area contributed by atoms with E-state index in [1.165, 1.54) is 159 Å². The van der Waals surface area contributed by atoms with Gasteiger partial charge in [0.1, 0.15) is 0 Å². The SMILES string of the molecule is CC(C)(C)c1ccc(-c2cc(C(C)(C)C)ccc2N2c3cc(-n4c5ccccc5c5cc6c(cc54)c4ccccc4n6-c4ccccc4)ccc3B3c4ccc(-c5cc(C(C)(C)C)cc(C(C)(C)C)c5)cc4N(c4cccc5c4sc4ccccc45)c4cc(C(C)(C)C)cc2c43)cc1. The fraction of sp³-hybridized carbons (Fsp3) is 0.217. The van der Waals surface area contributed by atoms with Gasteiger partial charge in [0.25, 0.3) is 6.71 Å². The molecule has 6 heteroatoms. The van der Waals surface area contributed by atoms with Gasteiger partial charge in [0, 0.05) is 76.7 Å². The van der Waals surface area contributed by atoms with E-state index >= 15 is 0 Å². The maximum absolute atomic E-state index is 2.70. The van der Waals surface area contributed by atoms with E-state index in [9.17, 15) is 0 Å². The van der Waals surface area contributed by atoms with E-state index in [-0.39, 0.29) is 33.8 Å². The molecule has 5 heterocycles. The van der Waals surface area contributed by atoms with E-state index in [0.717, 1.165) is 17.1 Å². The van der Waals surface area contributed by atoms with Crippen LogP contribution in [0.25, 0.3) is 97.4 Å². The summed E-state index contributed by atoms with van der Waals surface area (Å²) in [4.78, 5) is 5.39. The number of nitrogens with zero attached hydrogens (tertiary/aromatic N) is 4. The number of benzene rings is 12. The lowest BCUT2D eigenvalue weighted by atomic mass is 9.33. The molecule has 2 aliphatic heterocycles. The first-order valence-electron chi connectivity index (χ1n) is 35.2. The smallest absolute Gasteiger partial charge is 0.252 e. The maximum Gasteiger partial charge on any atom is 0.252 e. The molecule has 0 unspecified atom stereocenters.